The van der Waals surface area contributed by atoms with Crippen molar-refractivity contribution in [3.63, 3.8) is 0 Å². The number of para-hydroxylation sites is 2. The zero-order valence-electron chi connectivity index (χ0n) is 18.0. The number of nitrogens with zero attached hydrogens (tertiary/aromatic N) is 1. The average molecular weight is 434 g/mol. The molecule has 2 amide bonds. The quantitative estimate of drug-likeness (QED) is 0.585. The topological polar surface area (TPSA) is 79.9 Å². The Morgan fingerprint density at radius 2 is 1.69 bits per heavy atom. The van der Waals surface area contributed by atoms with E-state index in [0.29, 0.717) is 31.2 Å². The van der Waals surface area contributed by atoms with E-state index in [1.807, 2.05) is 18.2 Å². The van der Waals surface area contributed by atoms with Crippen molar-refractivity contribution in [3.05, 3.63) is 72.3 Å². The SMILES string of the molecule is COc1ccccc1NC(=O)C(=O)NC[C@H](c1cccc2ccccc12)N1CCOCC1. The van der Waals surface area contributed by atoms with Crippen molar-refractivity contribution >= 4 is 28.3 Å². The second kappa shape index (κ2) is 10.3. The van der Waals surface area contributed by atoms with Gasteiger partial charge in [0.25, 0.3) is 0 Å². The number of amides is 2. The number of carbonyl (C=O) groups is 2. The van der Waals surface area contributed by atoms with Gasteiger partial charge in [-0.1, -0.05) is 54.6 Å². The van der Waals surface area contributed by atoms with Gasteiger partial charge in [-0.3, -0.25) is 14.5 Å². The summed E-state index contributed by atoms with van der Waals surface area (Å²) in [5.74, 6) is -0.918. The Labute approximate surface area is 187 Å². The lowest BCUT2D eigenvalue weighted by atomic mass is 9.97. The molecule has 1 heterocycles. The van der Waals surface area contributed by atoms with E-state index in [4.69, 9.17) is 9.47 Å². The minimum Gasteiger partial charge on any atom is -0.495 e. The van der Waals surface area contributed by atoms with Crippen LogP contribution in [0.4, 0.5) is 5.69 Å². The number of rotatable bonds is 6. The standard InChI is InChI=1S/C25H27N3O4/c1-31-23-12-5-4-11-21(23)27-25(30)24(29)26-17-22(28-13-15-32-16-14-28)20-10-6-8-18-7-2-3-9-19(18)20/h2-12,22H,13-17H2,1H3,(H,26,29)(H,27,30)/t22-/m1/s1. The Balaban J connectivity index is 1.51. The molecule has 0 spiro atoms. The lowest BCUT2D eigenvalue weighted by Gasteiger charge is -2.35. The van der Waals surface area contributed by atoms with Gasteiger partial charge in [0.15, 0.2) is 0 Å². The number of ether oxygens (including phenoxy) is 2. The van der Waals surface area contributed by atoms with Crippen LogP contribution < -0.4 is 15.4 Å². The van der Waals surface area contributed by atoms with Crippen LogP contribution in [0.3, 0.4) is 0 Å². The highest BCUT2D eigenvalue weighted by atomic mass is 16.5. The van der Waals surface area contributed by atoms with Crippen molar-refractivity contribution in [1.82, 2.24) is 10.2 Å². The van der Waals surface area contributed by atoms with Gasteiger partial charge >= 0.3 is 11.8 Å². The molecular formula is C25H27N3O4. The molecule has 0 unspecified atom stereocenters. The Hall–Kier alpha value is -3.42. The molecule has 2 N–H and O–H groups in total. The van der Waals surface area contributed by atoms with Gasteiger partial charge in [0, 0.05) is 19.6 Å². The normalized spacial score (nSPS) is 15.2. The largest absolute Gasteiger partial charge is 0.495 e. The number of morpholine rings is 1. The van der Waals surface area contributed by atoms with Crippen LogP contribution in [0.2, 0.25) is 0 Å². The van der Waals surface area contributed by atoms with Crippen molar-refractivity contribution in [2.45, 2.75) is 6.04 Å². The van der Waals surface area contributed by atoms with Crippen molar-refractivity contribution in [1.29, 1.82) is 0 Å². The summed E-state index contributed by atoms with van der Waals surface area (Å²) in [6.45, 7) is 3.12. The molecular weight excluding hydrogens is 406 g/mol. The van der Waals surface area contributed by atoms with E-state index in [-0.39, 0.29) is 6.04 Å². The Kier molecular flexibility index (Phi) is 6.99. The predicted octanol–water partition coefficient (Wildman–Crippen LogP) is 2.98. The predicted molar refractivity (Wildman–Crippen MR) is 124 cm³/mol. The van der Waals surface area contributed by atoms with Gasteiger partial charge < -0.3 is 20.1 Å². The Morgan fingerprint density at radius 3 is 2.50 bits per heavy atom. The maximum atomic E-state index is 12.6. The molecule has 0 aliphatic carbocycles. The smallest absolute Gasteiger partial charge is 0.313 e. The molecule has 0 saturated carbocycles. The summed E-state index contributed by atoms with van der Waals surface area (Å²) in [4.78, 5) is 27.4. The summed E-state index contributed by atoms with van der Waals surface area (Å²) in [5.41, 5.74) is 1.57. The van der Waals surface area contributed by atoms with E-state index in [1.54, 1.807) is 24.3 Å². The van der Waals surface area contributed by atoms with Crippen molar-refractivity contribution in [3.8, 4) is 5.75 Å². The monoisotopic (exact) mass is 433 g/mol. The van der Waals surface area contributed by atoms with E-state index in [2.05, 4.69) is 39.8 Å². The third-order valence-electron chi connectivity index (χ3n) is 5.69. The molecule has 166 valence electrons. The summed E-state index contributed by atoms with van der Waals surface area (Å²) in [7, 11) is 1.52. The van der Waals surface area contributed by atoms with E-state index in [0.717, 1.165) is 29.4 Å². The van der Waals surface area contributed by atoms with Gasteiger partial charge in [-0.2, -0.15) is 0 Å². The number of anilines is 1. The van der Waals surface area contributed by atoms with Gasteiger partial charge in [-0.05, 0) is 28.5 Å². The molecule has 1 fully saturated rings. The third kappa shape index (κ3) is 4.90. The van der Waals surface area contributed by atoms with Gasteiger partial charge in [0.2, 0.25) is 0 Å². The molecule has 0 bridgehead atoms. The number of benzene rings is 3. The van der Waals surface area contributed by atoms with Crippen molar-refractivity contribution < 1.29 is 19.1 Å². The van der Waals surface area contributed by atoms with Gasteiger partial charge in [-0.25, -0.2) is 0 Å². The fraction of sp³-hybridized carbons (Fsp3) is 0.280. The van der Waals surface area contributed by atoms with Crippen LogP contribution in [0.25, 0.3) is 10.8 Å². The third-order valence-corrected chi connectivity index (χ3v) is 5.69. The van der Waals surface area contributed by atoms with Crippen LogP contribution >= 0.6 is 0 Å². The molecule has 3 aromatic rings. The molecule has 1 saturated heterocycles. The van der Waals surface area contributed by atoms with E-state index < -0.39 is 11.8 Å². The molecule has 0 aromatic heterocycles. The second-order valence-electron chi connectivity index (χ2n) is 7.60. The van der Waals surface area contributed by atoms with Crippen LogP contribution in [0.15, 0.2) is 66.7 Å². The average Bonchev–Trinajstić information content (AvgIpc) is 2.85. The highest BCUT2D eigenvalue weighted by Crippen LogP contribution is 2.29. The zero-order chi connectivity index (χ0) is 22.3. The number of hydrogen-bond acceptors (Lipinski definition) is 5. The minimum absolute atomic E-state index is 0.0759. The molecule has 1 aliphatic heterocycles. The molecule has 4 rings (SSSR count). The van der Waals surface area contributed by atoms with Crippen LogP contribution in [-0.4, -0.2) is 56.7 Å². The summed E-state index contributed by atoms with van der Waals surface area (Å²) < 4.78 is 10.8. The van der Waals surface area contributed by atoms with Crippen molar-refractivity contribution in [2.24, 2.45) is 0 Å². The maximum Gasteiger partial charge on any atom is 0.313 e. The molecule has 7 heteroatoms. The maximum absolute atomic E-state index is 12.6. The number of fused-ring (bicyclic) bond motifs is 1. The fourth-order valence-electron chi connectivity index (χ4n) is 4.06. The van der Waals surface area contributed by atoms with Crippen LogP contribution in [0, 0.1) is 0 Å². The number of hydrogen-bond donors (Lipinski definition) is 2. The van der Waals surface area contributed by atoms with Crippen LogP contribution in [-0.2, 0) is 14.3 Å². The van der Waals surface area contributed by atoms with Crippen LogP contribution in [0.1, 0.15) is 11.6 Å². The molecule has 0 radical (unpaired) electrons. The first kappa shape index (κ1) is 21.8. The first-order valence-electron chi connectivity index (χ1n) is 10.7. The summed E-state index contributed by atoms with van der Waals surface area (Å²) in [6, 6.07) is 21.3. The van der Waals surface area contributed by atoms with Crippen LogP contribution in [0.5, 0.6) is 5.75 Å². The lowest BCUT2D eigenvalue weighted by molar-refractivity contribution is -0.136. The number of nitrogens with one attached hydrogen (secondary N) is 2. The highest BCUT2D eigenvalue weighted by Gasteiger charge is 2.26. The molecule has 1 atom stereocenters. The minimum atomic E-state index is -0.729. The highest BCUT2D eigenvalue weighted by molar-refractivity contribution is 6.39. The van der Waals surface area contributed by atoms with Crippen molar-refractivity contribution in [2.75, 3.05) is 45.3 Å². The van der Waals surface area contributed by atoms with E-state index >= 15 is 0 Å². The first-order valence-corrected chi connectivity index (χ1v) is 10.7. The van der Waals surface area contributed by atoms with E-state index in [1.165, 1.54) is 7.11 Å². The van der Waals surface area contributed by atoms with Gasteiger partial charge in [-0.15, -0.1) is 0 Å². The summed E-state index contributed by atoms with van der Waals surface area (Å²) in [5, 5.41) is 7.73. The Bertz CT molecular complexity index is 1090. The zero-order valence-corrected chi connectivity index (χ0v) is 18.0. The first-order chi connectivity index (χ1) is 15.7. The fourth-order valence-corrected chi connectivity index (χ4v) is 4.06. The molecule has 1 aliphatic rings. The van der Waals surface area contributed by atoms with Gasteiger partial charge in [0.1, 0.15) is 5.75 Å². The molecule has 32 heavy (non-hydrogen) atoms. The summed E-state index contributed by atoms with van der Waals surface area (Å²) in [6.07, 6.45) is 0. The lowest BCUT2D eigenvalue weighted by Crippen LogP contribution is -2.45. The second-order valence-corrected chi connectivity index (χ2v) is 7.60. The number of methoxy groups -OCH3 is 1. The Morgan fingerprint density at radius 1 is 0.969 bits per heavy atom. The van der Waals surface area contributed by atoms with Gasteiger partial charge in [0.05, 0.1) is 32.1 Å². The summed E-state index contributed by atoms with van der Waals surface area (Å²) >= 11 is 0. The number of carbonyl (C=O) groups excluding carboxylic acids is 2. The van der Waals surface area contributed by atoms with E-state index in [9.17, 15) is 9.59 Å². The molecule has 7 nitrogen and oxygen atoms in total. The molecule has 3 aromatic carbocycles.